The van der Waals surface area contributed by atoms with E-state index in [9.17, 15) is 0 Å². The van der Waals surface area contributed by atoms with Gasteiger partial charge in [0.05, 0.1) is 0 Å². The van der Waals surface area contributed by atoms with Crippen LogP contribution in [-0.2, 0) is 6.42 Å². The highest BCUT2D eigenvalue weighted by atomic mass is 35.5. The van der Waals surface area contributed by atoms with Crippen LogP contribution in [0, 0.1) is 6.07 Å². The smallest absolute Gasteiger partial charge is 0.140 e. The van der Waals surface area contributed by atoms with Crippen molar-refractivity contribution in [2.24, 2.45) is 0 Å². The first kappa shape index (κ1) is 6.49. The monoisotopic (exact) mass is 141 g/mol. The van der Waals surface area contributed by atoms with Crippen molar-refractivity contribution in [3.63, 3.8) is 0 Å². The number of nitrogens with zero attached hydrogens (tertiary/aromatic N) is 2. The van der Waals surface area contributed by atoms with Crippen molar-refractivity contribution in [2.45, 2.75) is 13.3 Å². The molecule has 1 heterocycles. The Kier molecular flexibility index (Phi) is 2.01. The lowest BCUT2D eigenvalue weighted by Gasteiger charge is -1.91. The molecular formula is C6H6ClN2. The average Bonchev–Trinajstić information content (AvgIpc) is 1.88. The molecule has 9 heavy (non-hydrogen) atoms. The van der Waals surface area contributed by atoms with Crippen LogP contribution in [-0.4, -0.2) is 9.97 Å². The molecule has 0 aliphatic carbocycles. The van der Waals surface area contributed by atoms with Crippen molar-refractivity contribution >= 4 is 11.6 Å². The number of rotatable bonds is 1. The van der Waals surface area contributed by atoms with E-state index in [1.807, 2.05) is 6.92 Å². The molecule has 47 valence electrons. The Hall–Kier alpha value is -0.630. The Balaban J connectivity index is 2.94. The Labute approximate surface area is 58.9 Å². The molecule has 3 heteroatoms. The van der Waals surface area contributed by atoms with Crippen molar-refractivity contribution in [1.29, 1.82) is 0 Å². The summed E-state index contributed by atoms with van der Waals surface area (Å²) in [5, 5.41) is 0.391. The second kappa shape index (κ2) is 2.78. The van der Waals surface area contributed by atoms with E-state index in [4.69, 9.17) is 11.6 Å². The van der Waals surface area contributed by atoms with E-state index in [1.165, 1.54) is 6.20 Å². The highest BCUT2D eigenvalue weighted by Crippen LogP contribution is 2.00. The first-order valence-corrected chi connectivity index (χ1v) is 3.10. The van der Waals surface area contributed by atoms with Gasteiger partial charge in [0.25, 0.3) is 0 Å². The van der Waals surface area contributed by atoms with Crippen LogP contribution in [0.3, 0.4) is 0 Å². The van der Waals surface area contributed by atoms with Crippen LogP contribution >= 0.6 is 11.6 Å². The Morgan fingerprint density at radius 1 is 1.78 bits per heavy atom. The zero-order valence-electron chi connectivity index (χ0n) is 5.06. The fourth-order valence-electron chi connectivity index (χ4n) is 0.505. The van der Waals surface area contributed by atoms with Crippen LogP contribution in [0.15, 0.2) is 6.20 Å². The van der Waals surface area contributed by atoms with Gasteiger partial charge in [0, 0.05) is 18.7 Å². The summed E-state index contributed by atoms with van der Waals surface area (Å²) in [6.45, 7) is 1.98. The van der Waals surface area contributed by atoms with Gasteiger partial charge in [-0.1, -0.05) is 18.5 Å². The van der Waals surface area contributed by atoms with Crippen molar-refractivity contribution in [3.05, 3.63) is 23.2 Å². The third kappa shape index (κ3) is 1.64. The molecule has 1 rings (SSSR count). The topological polar surface area (TPSA) is 25.8 Å². The highest BCUT2D eigenvalue weighted by molar-refractivity contribution is 6.29. The SMILES string of the molecule is CCc1nc[c]c(Cl)n1. The van der Waals surface area contributed by atoms with Gasteiger partial charge in [-0.2, -0.15) is 0 Å². The van der Waals surface area contributed by atoms with Crippen LogP contribution in [0.25, 0.3) is 0 Å². The largest absolute Gasteiger partial charge is 0.241 e. The summed E-state index contributed by atoms with van der Waals surface area (Å²) in [6, 6.07) is 2.65. The summed E-state index contributed by atoms with van der Waals surface area (Å²) >= 11 is 5.52. The maximum atomic E-state index is 5.52. The second-order valence-electron chi connectivity index (χ2n) is 1.57. The molecule has 0 N–H and O–H groups in total. The summed E-state index contributed by atoms with van der Waals surface area (Å²) in [7, 11) is 0. The molecule has 0 aromatic carbocycles. The fraction of sp³-hybridized carbons (Fsp3) is 0.333. The van der Waals surface area contributed by atoms with Crippen molar-refractivity contribution in [3.8, 4) is 0 Å². The standard InChI is InChI=1S/C6H6ClN2/c1-2-6-8-4-3-5(7)9-6/h4H,2H2,1H3. The maximum absolute atomic E-state index is 5.52. The zero-order chi connectivity index (χ0) is 6.69. The quantitative estimate of drug-likeness (QED) is 0.554. The summed E-state index contributed by atoms with van der Waals surface area (Å²) in [4.78, 5) is 7.80. The second-order valence-corrected chi connectivity index (χ2v) is 1.93. The molecule has 0 spiro atoms. The van der Waals surface area contributed by atoms with Crippen LogP contribution in [0.4, 0.5) is 0 Å². The Morgan fingerprint density at radius 3 is 3.00 bits per heavy atom. The molecule has 0 amide bonds. The number of halogens is 1. The van der Waals surface area contributed by atoms with Gasteiger partial charge in [-0.05, 0) is 0 Å². The lowest BCUT2D eigenvalue weighted by molar-refractivity contribution is 0.938. The summed E-state index contributed by atoms with van der Waals surface area (Å²) < 4.78 is 0. The Morgan fingerprint density at radius 2 is 2.56 bits per heavy atom. The summed E-state index contributed by atoms with van der Waals surface area (Å²) in [6.07, 6.45) is 2.35. The minimum Gasteiger partial charge on any atom is -0.241 e. The van der Waals surface area contributed by atoms with E-state index < -0.39 is 0 Å². The average molecular weight is 142 g/mol. The van der Waals surface area contributed by atoms with Gasteiger partial charge < -0.3 is 0 Å². The van der Waals surface area contributed by atoms with Crippen molar-refractivity contribution in [1.82, 2.24) is 9.97 Å². The normalized spacial score (nSPS) is 9.56. The van der Waals surface area contributed by atoms with Gasteiger partial charge in [0.1, 0.15) is 11.0 Å². The molecule has 1 aromatic heterocycles. The third-order valence-corrected chi connectivity index (χ3v) is 1.13. The van der Waals surface area contributed by atoms with Gasteiger partial charge in [-0.15, -0.1) is 0 Å². The van der Waals surface area contributed by atoms with Crippen LogP contribution in [0.2, 0.25) is 5.15 Å². The minimum atomic E-state index is 0.391. The fourth-order valence-corrected chi connectivity index (χ4v) is 0.651. The van der Waals surface area contributed by atoms with Gasteiger partial charge >= 0.3 is 0 Å². The van der Waals surface area contributed by atoms with Gasteiger partial charge in [-0.3, -0.25) is 0 Å². The van der Waals surface area contributed by atoms with Gasteiger partial charge in [0.15, 0.2) is 0 Å². The minimum absolute atomic E-state index is 0.391. The van der Waals surface area contributed by atoms with E-state index in [-0.39, 0.29) is 0 Å². The molecule has 1 radical (unpaired) electrons. The molecular weight excluding hydrogens is 136 g/mol. The Bertz CT molecular complexity index is 200. The number of aryl methyl sites for hydroxylation is 1. The first-order chi connectivity index (χ1) is 4.33. The van der Waals surface area contributed by atoms with Crippen LogP contribution in [0.1, 0.15) is 12.7 Å². The number of hydrogen-bond donors (Lipinski definition) is 0. The predicted octanol–water partition coefficient (Wildman–Crippen LogP) is 1.49. The van der Waals surface area contributed by atoms with Crippen LogP contribution < -0.4 is 0 Å². The third-order valence-electron chi connectivity index (χ3n) is 0.941. The number of hydrogen-bond acceptors (Lipinski definition) is 2. The predicted molar refractivity (Wildman–Crippen MR) is 35.3 cm³/mol. The van der Waals surface area contributed by atoms with E-state index in [1.54, 1.807) is 0 Å². The van der Waals surface area contributed by atoms with E-state index in [0.717, 1.165) is 12.2 Å². The van der Waals surface area contributed by atoms with Gasteiger partial charge in [0.2, 0.25) is 0 Å². The van der Waals surface area contributed by atoms with Crippen LogP contribution in [0.5, 0.6) is 0 Å². The maximum Gasteiger partial charge on any atom is 0.140 e. The van der Waals surface area contributed by atoms with E-state index >= 15 is 0 Å². The zero-order valence-corrected chi connectivity index (χ0v) is 5.81. The lowest BCUT2D eigenvalue weighted by Crippen LogP contribution is -1.90. The van der Waals surface area contributed by atoms with E-state index in [0.29, 0.717) is 5.15 Å². The molecule has 0 fully saturated rings. The van der Waals surface area contributed by atoms with Crippen molar-refractivity contribution in [2.75, 3.05) is 0 Å². The van der Waals surface area contributed by atoms with E-state index in [2.05, 4.69) is 16.0 Å². The molecule has 0 atom stereocenters. The molecule has 0 unspecified atom stereocenters. The molecule has 0 aliphatic rings. The van der Waals surface area contributed by atoms with Gasteiger partial charge in [-0.25, -0.2) is 9.97 Å². The molecule has 0 saturated carbocycles. The molecule has 2 nitrogen and oxygen atoms in total. The molecule has 1 aromatic rings. The molecule has 0 bridgehead atoms. The lowest BCUT2D eigenvalue weighted by atomic mass is 10.4. The number of aromatic nitrogens is 2. The molecule has 0 saturated heterocycles. The summed E-state index contributed by atoms with van der Waals surface area (Å²) in [5.41, 5.74) is 0. The highest BCUT2D eigenvalue weighted by Gasteiger charge is 1.91. The van der Waals surface area contributed by atoms with Crippen molar-refractivity contribution < 1.29 is 0 Å². The first-order valence-electron chi connectivity index (χ1n) is 2.72. The molecule has 0 aliphatic heterocycles. The summed E-state index contributed by atoms with van der Waals surface area (Å²) in [5.74, 6) is 0.763.